The number of hydrogen-bond donors (Lipinski definition) is 2. The Kier molecular flexibility index (Phi) is 6.61. The summed E-state index contributed by atoms with van der Waals surface area (Å²) < 4.78 is 0. The van der Waals surface area contributed by atoms with Crippen LogP contribution in [0.1, 0.15) is 25.8 Å². The van der Waals surface area contributed by atoms with Gasteiger partial charge in [0.2, 0.25) is 5.91 Å². The third kappa shape index (κ3) is 4.96. The average molecular weight is 332 g/mol. The quantitative estimate of drug-likeness (QED) is 0.799. The van der Waals surface area contributed by atoms with E-state index in [0.29, 0.717) is 19.5 Å². The van der Waals surface area contributed by atoms with Gasteiger partial charge in [-0.15, -0.1) is 0 Å². The molecule has 2 N–H and O–H groups in total. The van der Waals surface area contributed by atoms with Crippen molar-refractivity contribution in [2.24, 2.45) is 0 Å². The number of aryl methyl sites for hydroxylation is 1. The van der Waals surface area contributed by atoms with Crippen molar-refractivity contribution < 1.29 is 9.59 Å². The fourth-order valence-corrected chi connectivity index (χ4v) is 2.88. The van der Waals surface area contributed by atoms with Crippen LogP contribution in [0.5, 0.6) is 0 Å². The minimum atomic E-state index is -0.203. The van der Waals surface area contributed by atoms with Crippen LogP contribution in [0, 0.1) is 6.92 Å². The zero-order chi connectivity index (χ0) is 17.5. The van der Waals surface area contributed by atoms with E-state index in [0.717, 1.165) is 30.9 Å². The molecule has 1 heterocycles. The second-order valence-electron chi connectivity index (χ2n) is 6.17. The van der Waals surface area contributed by atoms with Gasteiger partial charge in [-0.25, -0.2) is 4.79 Å². The van der Waals surface area contributed by atoms with Crippen molar-refractivity contribution >= 4 is 17.6 Å². The molecular weight excluding hydrogens is 304 g/mol. The Balaban J connectivity index is 1.79. The zero-order valence-corrected chi connectivity index (χ0v) is 14.8. The number of nitrogens with zero attached hydrogens (tertiary/aromatic N) is 2. The smallest absolute Gasteiger partial charge is 0.315 e. The summed E-state index contributed by atoms with van der Waals surface area (Å²) in [6, 6.07) is 7.52. The van der Waals surface area contributed by atoms with Gasteiger partial charge >= 0.3 is 6.03 Å². The molecule has 1 saturated heterocycles. The first kappa shape index (κ1) is 18.3. The predicted molar refractivity (Wildman–Crippen MR) is 96.3 cm³/mol. The first-order valence-corrected chi connectivity index (χ1v) is 8.67. The van der Waals surface area contributed by atoms with Crippen molar-refractivity contribution in [3.63, 3.8) is 0 Å². The number of likely N-dealkylation sites (N-methyl/N-ethyl adjacent to an activating group) is 1. The highest BCUT2D eigenvalue weighted by atomic mass is 16.2. The molecule has 0 bridgehead atoms. The third-order valence-corrected chi connectivity index (χ3v) is 4.41. The number of benzene rings is 1. The number of urea groups is 1. The maximum absolute atomic E-state index is 12.2. The summed E-state index contributed by atoms with van der Waals surface area (Å²) in [4.78, 5) is 28.1. The molecule has 0 aromatic heterocycles. The highest BCUT2D eigenvalue weighted by Gasteiger charge is 2.31. The Bertz CT molecular complexity index is 555. The van der Waals surface area contributed by atoms with Crippen LogP contribution < -0.4 is 15.5 Å². The molecule has 1 atom stereocenters. The molecule has 3 amide bonds. The van der Waals surface area contributed by atoms with Gasteiger partial charge in [-0.05, 0) is 32.1 Å². The molecule has 24 heavy (non-hydrogen) atoms. The molecule has 1 fully saturated rings. The lowest BCUT2D eigenvalue weighted by atomic mass is 10.2. The molecule has 0 aliphatic carbocycles. The molecule has 2 rings (SSSR count). The number of rotatable bonds is 7. The topological polar surface area (TPSA) is 64.7 Å². The van der Waals surface area contributed by atoms with Crippen LogP contribution in [-0.2, 0) is 4.79 Å². The first-order chi connectivity index (χ1) is 11.5. The third-order valence-electron chi connectivity index (χ3n) is 4.41. The van der Waals surface area contributed by atoms with Gasteiger partial charge in [-0.3, -0.25) is 4.79 Å². The summed E-state index contributed by atoms with van der Waals surface area (Å²) in [7, 11) is 0. The Hall–Kier alpha value is -2.08. The first-order valence-electron chi connectivity index (χ1n) is 8.67. The predicted octanol–water partition coefficient (Wildman–Crippen LogP) is 1.74. The molecule has 1 aliphatic rings. The molecule has 0 unspecified atom stereocenters. The van der Waals surface area contributed by atoms with Gasteiger partial charge in [0.25, 0.3) is 0 Å². The van der Waals surface area contributed by atoms with Crippen LogP contribution in [0.25, 0.3) is 0 Å². The van der Waals surface area contributed by atoms with Crippen LogP contribution in [0.3, 0.4) is 0 Å². The minimum absolute atomic E-state index is 0.0484. The van der Waals surface area contributed by atoms with E-state index in [-0.39, 0.29) is 18.0 Å². The molecule has 0 saturated carbocycles. The summed E-state index contributed by atoms with van der Waals surface area (Å²) >= 11 is 0. The Morgan fingerprint density at radius 3 is 2.54 bits per heavy atom. The van der Waals surface area contributed by atoms with Crippen LogP contribution in [-0.4, -0.2) is 55.6 Å². The van der Waals surface area contributed by atoms with E-state index in [2.05, 4.69) is 29.4 Å². The standard InChI is InChI=1S/C18H28N4O2/c1-4-21(5-2)11-10-19-18(24)20-15-12-17(23)22(13-15)16-8-6-14(3)7-9-16/h6-9,15H,4-5,10-13H2,1-3H3,(H2,19,20,24)/t15-/m0/s1. The Labute approximate surface area is 144 Å². The molecular formula is C18H28N4O2. The SMILES string of the molecule is CCN(CC)CCNC(=O)N[C@H]1CC(=O)N(c2ccc(C)cc2)C1. The molecule has 132 valence electrons. The van der Waals surface area contributed by atoms with Crippen molar-refractivity contribution in [1.82, 2.24) is 15.5 Å². The molecule has 0 spiro atoms. The fraction of sp³-hybridized carbons (Fsp3) is 0.556. The van der Waals surface area contributed by atoms with Gasteiger partial charge in [0.05, 0.1) is 6.04 Å². The molecule has 6 nitrogen and oxygen atoms in total. The number of nitrogens with one attached hydrogen (secondary N) is 2. The van der Waals surface area contributed by atoms with E-state index in [1.807, 2.05) is 31.2 Å². The summed E-state index contributed by atoms with van der Waals surface area (Å²) in [5, 5.41) is 5.76. The minimum Gasteiger partial charge on any atom is -0.337 e. The molecule has 1 aliphatic heterocycles. The highest BCUT2D eigenvalue weighted by Crippen LogP contribution is 2.21. The van der Waals surface area contributed by atoms with Crippen LogP contribution >= 0.6 is 0 Å². The monoisotopic (exact) mass is 332 g/mol. The largest absolute Gasteiger partial charge is 0.337 e. The van der Waals surface area contributed by atoms with Crippen LogP contribution in [0.15, 0.2) is 24.3 Å². The second-order valence-corrected chi connectivity index (χ2v) is 6.17. The van der Waals surface area contributed by atoms with Crippen molar-refractivity contribution in [3.8, 4) is 0 Å². The lowest BCUT2D eigenvalue weighted by Crippen LogP contribution is -2.45. The van der Waals surface area contributed by atoms with E-state index < -0.39 is 0 Å². The van der Waals surface area contributed by atoms with Gasteiger partial charge in [0.1, 0.15) is 0 Å². The Morgan fingerprint density at radius 1 is 1.25 bits per heavy atom. The van der Waals surface area contributed by atoms with E-state index in [9.17, 15) is 9.59 Å². The maximum Gasteiger partial charge on any atom is 0.315 e. The van der Waals surface area contributed by atoms with Gasteiger partial charge in [0.15, 0.2) is 0 Å². The second kappa shape index (κ2) is 8.68. The van der Waals surface area contributed by atoms with Gasteiger partial charge < -0.3 is 20.4 Å². The Morgan fingerprint density at radius 2 is 1.92 bits per heavy atom. The lowest BCUT2D eigenvalue weighted by molar-refractivity contribution is -0.117. The normalized spacial score (nSPS) is 17.4. The van der Waals surface area contributed by atoms with E-state index >= 15 is 0 Å². The number of hydrogen-bond acceptors (Lipinski definition) is 3. The van der Waals surface area contributed by atoms with Crippen molar-refractivity contribution in [2.75, 3.05) is 37.6 Å². The van der Waals surface area contributed by atoms with Crippen molar-refractivity contribution in [1.29, 1.82) is 0 Å². The summed E-state index contributed by atoms with van der Waals surface area (Å²) in [6.07, 6.45) is 0.345. The summed E-state index contributed by atoms with van der Waals surface area (Å²) in [6.45, 7) is 10.1. The average Bonchev–Trinajstić information content (AvgIpc) is 2.92. The van der Waals surface area contributed by atoms with Crippen LogP contribution in [0.2, 0.25) is 0 Å². The summed E-state index contributed by atoms with van der Waals surface area (Å²) in [5.41, 5.74) is 2.05. The van der Waals surface area contributed by atoms with Crippen molar-refractivity contribution in [2.45, 2.75) is 33.2 Å². The number of carbonyl (C=O) groups excluding carboxylic acids is 2. The molecule has 1 aromatic carbocycles. The van der Waals surface area contributed by atoms with E-state index in [1.165, 1.54) is 0 Å². The fourth-order valence-electron chi connectivity index (χ4n) is 2.88. The van der Waals surface area contributed by atoms with Gasteiger partial charge in [-0.1, -0.05) is 31.5 Å². The van der Waals surface area contributed by atoms with Crippen molar-refractivity contribution in [3.05, 3.63) is 29.8 Å². The van der Waals surface area contributed by atoms with Crippen LogP contribution in [0.4, 0.5) is 10.5 Å². The van der Waals surface area contributed by atoms with Gasteiger partial charge in [0, 0.05) is 31.7 Å². The van der Waals surface area contributed by atoms with E-state index in [1.54, 1.807) is 4.90 Å². The summed E-state index contributed by atoms with van der Waals surface area (Å²) in [5.74, 6) is 0.0484. The number of anilines is 1. The number of carbonyl (C=O) groups is 2. The van der Waals surface area contributed by atoms with E-state index in [4.69, 9.17) is 0 Å². The lowest BCUT2D eigenvalue weighted by Gasteiger charge is -2.19. The highest BCUT2D eigenvalue weighted by molar-refractivity contribution is 5.96. The molecule has 1 aromatic rings. The molecule has 6 heteroatoms. The number of amides is 3. The molecule has 0 radical (unpaired) electrons. The van der Waals surface area contributed by atoms with Gasteiger partial charge in [-0.2, -0.15) is 0 Å². The maximum atomic E-state index is 12.2. The zero-order valence-electron chi connectivity index (χ0n) is 14.8.